The summed E-state index contributed by atoms with van der Waals surface area (Å²) in [5, 5.41) is 2.97. The van der Waals surface area contributed by atoms with Crippen LogP contribution in [0.25, 0.3) is 0 Å². The normalized spacial score (nSPS) is 19.0. The van der Waals surface area contributed by atoms with Crippen LogP contribution < -0.4 is 19.5 Å². The monoisotopic (exact) mass is 391 g/mol. The summed E-state index contributed by atoms with van der Waals surface area (Å²) in [4.78, 5) is 17.2. The second-order valence-corrected chi connectivity index (χ2v) is 7.51. The SMILES string of the molecule is COc1cc(NC(=O)N2CCN(C3CCCCCC3)CC2)cc(OC)c1OC. The van der Waals surface area contributed by atoms with Crippen molar-refractivity contribution in [3.63, 3.8) is 0 Å². The maximum atomic E-state index is 12.7. The number of rotatable bonds is 5. The number of piperazine rings is 1. The molecule has 1 saturated heterocycles. The van der Waals surface area contributed by atoms with Crippen LogP contribution in [0.4, 0.5) is 10.5 Å². The van der Waals surface area contributed by atoms with Crippen LogP contribution >= 0.6 is 0 Å². The molecular weight excluding hydrogens is 358 g/mol. The van der Waals surface area contributed by atoms with Crippen molar-refractivity contribution in [1.82, 2.24) is 9.80 Å². The standard InChI is InChI=1S/C21H33N3O4/c1-26-18-14-16(15-19(27-2)20(18)28-3)22-21(25)24-12-10-23(11-13-24)17-8-6-4-5-7-9-17/h14-15,17H,4-13H2,1-3H3,(H,22,25). The molecule has 1 aromatic rings. The van der Waals surface area contributed by atoms with Crippen molar-refractivity contribution < 1.29 is 19.0 Å². The molecule has 0 aromatic heterocycles. The Morgan fingerprint density at radius 1 is 0.893 bits per heavy atom. The van der Waals surface area contributed by atoms with Crippen LogP contribution in [-0.4, -0.2) is 69.4 Å². The van der Waals surface area contributed by atoms with E-state index < -0.39 is 0 Å². The predicted molar refractivity (Wildman–Crippen MR) is 110 cm³/mol. The fourth-order valence-electron chi connectivity index (χ4n) is 4.27. The minimum Gasteiger partial charge on any atom is -0.493 e. The molecule has 1 N–H and O–H groups in total. The summed E-state index contributed by atoms with van der Waals surface area (Å²) in [6, 6.07) is 4.11. The van der Waals surface area contributed by atoms with Crippen LogP contribution in [0.5, 0.6) is 17.2 Å². The zero-order valence-corrected chi connectivity index (χ0v) is 17.3. The highest BCUT2D eigenvalue weighted by Crippen LogP contribution is 2.40. The molecule has 0 radical (unpaired) electrons. The van der Waals surface area contributed by atoms with Crippen molar-refractivity contribution in [3.8, 4) is 17.2 Å². The van der Waals surface area contributed by atoms with Crippen LogP contribution in [0, 0.1) is 0 Å². The van der Waals surface area contributed by atoms with Crippen LogP contribution in [0.1, 0.15) is 38.5 Å². The number of carbonyl (C=O) groups excluding carboxylic acids is 1. The maximum absolute atomic E-state index is 12.7. The van der Waals surface area contributed by atoms with E-state index in [2.05, 4.69) is 10.2 Å². The molecule has 1 saturated carbocycles. The number of ether oxygens (including phenoxy) is 3. The van der Waals surface area contributed by atoms with Crippen LogP contribution in [0.15, 0.2) is 12.1 Å². The van der Waals surface area contributed by atoms with E-state index in [0.29, 0.717) is 29.0 Å². The van der Waals surface area contributed by atoms with Crippen molar-refractivity contribution in [2.75, 3.05) is 52.8 Å². The molecule has 3 rings (SSSR count). The highest BCUT2D eigenvalue weighted by atomic mass is 16.5. The van der Waals surface area contributed by atoms with Gasteiger partial charge in [-0.15, -0.1) is 0 Å². The number of benzene rings is 1. The summed E-state index contributed by atoms with van der Waals surface area (Å²) < 4.78 is 16.1. The highest BCUT2D eigenvalue weighted by Gasteiger charge is 2.27. The number of nitrogens with zero attached hydrogens (tertiary/aromatic N) is 2. The average molecular weight is 392 g/mol. The molecule has 1 aromatic carbocycles. The number of methoxy groups -OCH3 is 3. The van der Waals surface area contributed by atoms with Gasteiger partial charge in [-0.3, -0.25) is 4.90 Å². The molecule has 0 spiro atoms. The Morgan fingerprint density at radius 2 is 1.46 bits per heavy atom. The zero-order chi connectivity index (χ0) is 19.9. The predicted octanol–water partition coefficient (Wildman–Crippen LogP) is 3.58. The lowest BCUT2D eigenvalue weighted by atomic mass is 10.1. The van der Waals surface area contributed by atoms with Crippen molar-refractivity contribution in [1.29, 1.82) is 0 Å². The molecule has 1 aliphatic carbocycles. The van der Waals surface area contributed by atoms with Gasteiger partial charge in [0, 0.05) is 44.4 Å². The van der Waals surface area contributed by atoms with E-state index in [9.17, 15) is 4.79 Å². The van der Waals surface area contributed by atoms with Gasteiger partial charge in [-0.25, -0.2) is 4.79 Å². The molecule has 7 heteroatoms. The van der Waals surface area contributed by atoms with E-state index in [1.807, 2.05) is 4.90 Å². The fourth-order valence-corrected chi connectivity index (χ4v) is 4.27. The first-order valence-corrected chi connectivity index (χ1v) is 10.3. The molecule has 28 heavy (non-hydrogen) atoms. The van der Waals surface area contributed by atoms with Gasteiger partial charge in [-0.2, -0.15) is 0 Å². The van der Waals surface area contributed by atoms with Gasteiger partial charge in [0.05, 0.1) is 27.0 Å². The van der Waals surface area contributed by atoms with Crippen molar-refractivity contribution in [2.24, 2.45) is 0 Å². The molecule has 156 valence electrons. The smallest absolute Gasteiger partial charge is 0.321 e. The molecule has 1 aliphatic heterocycles. The molecule has 2 aliphatic rings. The Kier molecular flexibility index (Phi) is 7.25. The second-order valence-electron chi connectivity index (χ2n) is 7.51. The molecule has 7 nitrogen and oxygen atoms in total. The van der Waals surface area contributed by atoms with Crippen molar-refractivity contribution >= 4 is 11.7 Å². The number of urea groups is 1. The first-order valence-electron chi connectivity index (χ1n) is 10.3. The molecule has 0 unspecified atom stereocenters. The zero-order valence-electron chi connectivity index (χ0n) is 17.3. The largest absolute Gasteiger partial charge is 0.493 e. The number of carbonyl (C=O) groups is 1. The Hall–Kier alpha value is -2.15. The van der Waals surface area contributed by atoms with Crippen molar-refractivity contribution in [3.05, 3.63) is 12.1 Å². The molecular formula is C21H33N3O4. The van der Waals surface area contributed by atoms with Gasteiger partial charge in [0.25, 0.3) is 0 Å². The summed E-state index contributed by atoms with van der Waals surface area (Å²) in [6.07, 6.45) is 8.02. The highest BCUT2D eigenvalue weighted by molar-refractivity contribution is 5.90. The van der Waals surface area contributed by atoms with E-state index in [1.165, 1.54) is 38.5 Å². The number of hydrogen-bond acceptors (Lipinski definition) is 5. The minimum absolute atomic E-state index is 0.0882. The summed E-state index contributed by atoms with van der Waals surface area (Å²) in [5.41, 5.74) is 0.630. The van der Waals surface area contributed by atoms with Crippen molar-refractivity contribution in [2.45, 2.75) is 44.6 Å². The first-order chi connectivity index (χ1) is 13.7. The molecule has 0 bridgehead atoms. The number of hydrogen-bond donors (Lipinski definition) is 1. The topological polar surface area (TPSA) is 63.3 Å². The average Bonchev–Trinajstić information content (AvgIpc) is 3.02. The number of nitrogens with one attached hydrogen (secondary N) is 1. The summed E-state index contributed by atoms with van der Waals surface area (Å²) in [7, 11) is 4.69. The summed E-state index contributed by atoms with van der Waals surface area (Å²) >= 11 is 0. The van der Waals surface area contributed by atoms with Crippen LogP contribution in [-0.2, 0) is 0 Å². The van der Waals surface area contributed by atoms with Gasteiger partial charge in [-0.1, -0.05) is 25.7 Å². The number of amides is 2. The molecule has 2 amide bonds. The number of anilines is 1. The summed E-state index contributed by atoms with van der Waals surface area (Å²) in [6.45, 7) is 3.42. The lowest BCUT2D eigenvalue weighted by Gasteiger charge is -2.39. The Morgan fingerprint density at radius 3 is 1.96 bits per heavy atom. The lowest BCUT2D eigenvalue weighted by molar-refractivity contribution is 0.105. The van der Waals surface area contributed by atoms with Gasteiger partial charge in [0.1, 0.15) is 0 Å². The maximum Gasteiger partial charge on any atom is 0.321 e. The van der Waals surface area contributed by atoms with E-state index in [-0.39, 0.29) is 6.03 Å². The van der Waals surface area contributed by atoms with Gasteiger partial charge in [0.2, 0.25) is 5.75 Å². The molecule has 0 atom stereocenters. The Bertz CT molecular complexity index is 626. The van der Waals surface area contributed by atoms with Gasteiger partial charge in [0.15, 0.2) is 11.5 Å². The van der Waals surface area contributed by atoms with E-state index in [1.54, 1.807) is 33.5 Å². The third-order valence-electron chi connectivity index (χ3n) is 5.86. The first kappa shape index (κ1) is 20.6. The quantitative estimate of drug-likeness (QED) is 0.777. The van der Waals surface area contributed by atoms with E-state index in [4.69, 9.17) is 14.2 Å². The fraction of sp³-hybridized carbons (Fsp3) is 0.667. The molecule has 2 fully saturated rings. The van der Waals surface area contributed by atoms with Gasteiger partial charge < -0.3 is 24.4 Å². The Balaban J connectivity index is 1.58. The van der Waals surface area contributed by atoms with E-state index in [0.717, 1.165) is 26.2 Å². The third kappa shape index (κ3) is 4.82. The van der Waals surface area contributed by atoms with Gasteiger partial charge >= 0.3 is 6.03 Å². The lowest BCUT2D eigenvalue weighted by Crippen LogP contribution is -2.52. The van der Waals surface area contributed by atoms with Crippen LogP contribution in [0.3, 0.4) is 0 Å². The Labute approximate surface area is 167 Å². The van der Waals surface area contributed by atoms with E-state index >= 15 is 0 Å². The molecule has 1 heterocycles. The second kappa shape index (κ2) is 9.87. The third-order valence-corrected chi connectivity index (χ3v) is 5.86. The van der Waals surface area contributed by atoms with Crippen LogP contribution in [0.2, 0.25) is 0 Å². The minimum atomic E-state index is -0.0882. The van der Waals surface area contributed by atoms with Gasteiger partial charge in [-0.05, 0) is 12.8 Å². The summed E-state index contributed by atoms with van der Waals surface area (Å²) in [5.74, 6) is 1.56.